The highest BCUT2D eigenvalue weighted by Crippen LogP contribution is 2.10. The highest BCUT2D eigenvalue weighted by molar-refractivity contribution is 9.10. The van der Waals surface area contributed by atoms with E-state index < -0.39 is 0 Å². The monoisotopic (exact) mass is 359 g/mol. The molecule has 5 nitrogen and oxygen atoms in total. The van der Waals surface area contributed by atoms with Gasteiger partial charge in [0, 0.05) is 22.6 Å². The predicted octanol–water partition coefficient (Wildman–Crippen LogP) is 3.17. The summed E-state index contributed by atoms with van der Waals surface area (Å²) in [7, 11) is 0. The number of hydrazone groups is 1. The van der Waals surface area contributed by atoms with E-state index in [2.05, 4.69) is 31.8 Å². The van der Waals surface area contributed by atoms with Crippen LogP contribution in [0.3, 0.4) is 0 Å². The average Bonchev–Trinajstić information content (AvgIpc) is 2.47. The lowest BCUT2D eigenvalue weighted by molar-refractivity contribution is -0.114. The molecule has 0 aromatic heterocycles. The van der Waals surface area contributed by atoms with Crippen molar-refractivity contribution in [2.24, 2.45) is 5.10 Å². The summed E-state index contributed by atoms with van der Waals surface area (Å²) in [5, 5.41) is 6.55. The van der Waals surface area contributed by atoms with Crippen molar-refractivity contribution < 1.29 is 9.59 Å². The van der Waals surface area contributed by atoms with Crippen LogP contribution in [0.1, 0.15) is 22.8 Å². The molecule has 22 heavy (non-hydrogen) atoms. The Kier molecular flexibility index (Phi) is 5.43. The molecule has 112 valence electrons. The third-order valence-electron chi connectivity index (χ3n) is 2.70. The Labute approximate surface area is 136 Å². The number of benzene rings is 2. The van der Waals surface area contributed by atoms with Crippen LogP contribution in [0.2, 0.25) is 0 Å². The standard InChI is InChI=1S/C16H14BrN3O2/c1-11(21)19-15-7-5-13(6-8-15)16(22)20-18-10-12-3-2-4-14(17)9-12/h2-10H,1H3,(H,19,21)(H,20,22). The Morgan fingerprint density at radius 1 is 1.14 bits per heavy atom. The fraction of sp³-hybridized carbons (Fsp3) is 0.0625. The van der Waals surface area contributed by atoms with E-state index in [1.165, 1.54) is 6.92 Å². The first-order valence-electron chi connectivity index (χ1n) is 6.51. The molecule has 0 fully saturated rings. The van der Waals surface area contributed by atoms with Crippen molar-refractivity contribution in [3.63, 3.8) is 0 Å². The van der Waals surface area contributed by atoms with Gasteiger partial charge in [-0.2, -0.15) is 5.10 Å². The lowest BCUT2D eigenvalue weighted by Gasteiger charge is -2.03. The molecule has 2 aromatic rings. The van der Waals surface area contributed by atoms with Gasteiger partial charge in [0.25, 0.3) is 5.91 Å². The molecule has 6 heteroatoms. The van der Waals surface area contributed by atoms with Crippen LogP contribution in [0.4, 0.5) is 5.69 Å². The van der Waals surface area contributed by atoms with Gasteiger partial charge in [-0.1, -0.05) is 28.1 Å². The fourth-order valence-electron chi connectivity index (χ4n) is 1.73. The zero-order chi connectivity index (χ0) is 15.9. The van der Waals surface area contributed by atoms with Crippen molar-refractivity contribution in [2.45, 2.75) is 6.92 Å². The minimum Gasteiger partial charge on any atom is -0.326 e. The molecule has 0 aliphatic rings. The maximum atomic E-state index is 11.9. The Bertz CT molecular complexity index is 712. The molecule has 0 aliphatic carbocycles. The van der Waals surface area contributed by atoms with Crippen molar-refractivity contribution in [1.29, 1.82) is 0 Å². The zero-order valence-electron chi connectivity index (χ0n) is 11.8. The maximum Gasteiger partial charge on any atom is 0.271 e. The Morgan fingerprint density at radius 3 is 2.50 bits per heavy atom. The fourth-order valence-corrected chi connectivity index (χ4v) is 2.14. The molecular weight excluding hydrogens is 346 g/mol. The van der Waals surface area contributed by atoms with E-state index in [1.54, 1.807) is 30.5 Å². The van der Waals surface area contributed by atoms with Crippen LogP contribution in [0.25, 0.3) is 0 Å². The van der Waals surface area contributed by atoms with Crippen molar-refractivity contribution in [1.82, 2.24) is 5.43 Å². The number of amides is 2. The summed E-state index contributed by atoms with van der Waals surface area (Å²) >= 11 is 3.36. The number of carbonyl (C=O) groups excluding carboxylic acids is 2. The highest BCUT2D eigenvalue weighted by atomic mass is 79.9. The van der Waals surface area contributed by atoms with E-state index >= 15 is 0 Å². The van der Waals surface area contributed by atoms with Gasteiger partial charge in [-0.3, -0.25) is 9.59 Å². The van der Waals surface area contributed by atoms with Crippen LogP contribution in [0, 0.1) is 0 Å². The number of anilines is 1. The highest BCUT2D eigenvalue weighted by Gasteiger charge is 2.04. The largest absolute Gasteiger partial charge is 0.326 e. The molecule has 2 rings (SSSR count). The molecule has 2 N–H and O–H groups in total. The Hall–Kier alpha value is -2.47. The van der Waals surface area contributed by atoms with Gasteiger partial charge in [-0.25, -0.2) is 5.43 Å². The van der Waals surface area contributed by atoms with E-state index in [0.29, 0.717) is 11.3 Å². The molecule has 0 aliphatic heterocycles. The van der Waals surface area contributed by atoms with Crippen LogP contribution in [-0.2, 0) is 4.79 Å². The summed E-state index contributed by atoms with van der Waals surface area (Å²) in [6.45, 7) is 1.43. The molecule has 0 atom stereocenters. The number of nitrogens with one attached hydrogen (secondary N) is 2. The SMILES string of the molecule is CC(=O)Nc1ccc(C(=O)NN=Cc2cccc(Br)c2)cc1. The molecule has 2 aromatic carbocycles. The van der Waals surface area contributed by atoms with Crippen molar-refractivity contribution >= 4 is 39.6 Å². The molecule has 0 spiro atoms. The summed E-state index contributed by atoms with van der Waals surface area (Å²) < 4.78 is 0.941. The summed E-state index contributed by atoms with van der Waals surface area (Å²) in [5.41, 5.74) is 4.43. The molecule has 0 saturated carbocycles. The van der Waals surface area contributed by atoms with Crippen LogP contribution < -0.4 is 10.7 Å². The first-order chi connectivity index (χ1) is 10.5. The van der Waals surface area contributed by atoms with E-state index in [-0.39, 0.29) is 11.8 Å². The number of carbonyl (C=O) groups is 2. The third kappa shape index (κ3) is 4.82. The number of rotatable bonds is 4. The topological polar surface area (TPSA) is 70.6 Å². The minimum atomic E-state index is -0.319. The average molecular weight is 360 g/mol. The minimum absolute atomic E-state index is 0.157. The number of hydrogen-bond acceptors (Lipinski definition) is 3. The first kappa shape index (κ1) is 15.9. The smallest absolute Gasteiger partial charge is 0.271 e. The van der Waals surface area contributed by atoms with Gasteiger partial charge in [0.05, 0.1) is 6.21 Å². The molecular formula is C16H14BrN3O2. The van der Waals surface area contributed by atoms with Crippen LogP contribution >= 0.6 is 15.9 Å². The molecule has 0 saturated heterocycles. The lowest BCUT2D eigenvalue weighted by Crippen LogP contribution is -2.17. The summed E-state index contributed by atoms with van der Waals surface area (Å²) in [5.74, 6) is -0.476. The first-order valence-corrected chi connectivity index (χ1v) is 7.30. The molecule has 0 radical (unpaired) electrons. The number of halogens is 1. The second kappa shape index (κ2) is 7.51. The van der Waals surface area contributed by atoms with E-state index in [4.69, 9.17) is 0 Å². The number of hydrogen-bond donors (Lipinski definition) is 2. The second-order valence-corrected chi connectivity index (χ2v) is 5.43. The summed E-state index contributed by atoms with van der Waals surface area (Å²) in [6.07, 6.45) is 1.56. The Morgan fingerprint density at radius 2 is 1.86 bits per heavy atom. The summed E-state index contributed by atoms with van der Waals surface area (Å²) in [4.78, 5) is 22.8. The molecule has 2 amide bonds. The predicted molar refractivity (Wildman–Crippen MR) is 89.9 cm³/mol. The zero-order valence-corrected chi connectivity index (χ0v) is 13.4. The van der Waals surface area contributed by atoms with Gasteiger partial charge >= 0.3 is 0 Å². The molecule has 0 unspecified atom stereocenters. The van der Waals surface area contributed by atoms with Crippen LogP contribution in [0.15, 0.2) is 58.1 Å². The normalized spacial score (nSPS) is 10.5. The maximum absolute atomic E-state index is 11.9. The van der Waals surface area contributed by atoms with E-state index in [1.807, 2.05) is 24.3 Å². The van der Waals surface area contributed by atoms with Crippen molar-refractivity contribution in [3.05, 3.63) is 64.1 Å². The molecule has 0 heterocycles. The van der Waals surface area contributed by atoms with Crippen molar-refractivity contribution in [2.75, 3.05) is 5.32 Å². The van der Waals surface area contributed by atoms with Crippen LogP contribution in [-0.4, -0.2) is 18.0 Å². The summed E-state index contributed by atoms with van der Waals surface area (Å²) in [6, 6.07) is 14.1. The molecule has 0 bridgehead atoms. The second-order valence-electron chi connectivity index (χ2n) is 4.51. The van der Waals surface area contributed by atoms with Crippen molar-refractivity contribution in [3.8, 4) is 0 Å². The lowest BCUT2D eigenvalue weighted by atomic mass is 10.2. The van der Waals surface area contributed by atoms with E-state index in [0.717, 1.165) is 10.0 Å². The third-order valence-corrected chi connectivity index (χ3v) is 3.19. The number of nitrogens with zero attached hydrogens (tertiary/aromatic N) is 1. The van der Waals surface area contributed by atoms with Crippen LogP contribution in [0.5, 0.6) is 0 Å². The van der Waals surface area contributed by atoms with Gasteiger partial charge in [-0.15, -0.1) is 0 Å². The Balaban J connectivity index is 1.96. The van der Waals surface area contributed by atoms with Gasteiger partial charge in [0.15, 0.2) is 0 Å². The van der Waals surface area contributed by atoms with Gasteiger partial charge in [0.2, 0.25) is 5.91 Å². The van der Waals surface area contributed by atoms with Gasteiger partial charge < -0.3 is 5.32 Å². The van der Waals surface area contributed by atoms with Gasteiger partial charge in [0.1, 0.15) is 0 Å². The van der Waals surface area contributed by atoms with Gasteiger partial charge in [-0.05, 0) is 42.0 Å². The van der Waals surface area contributed by atoms with E-state index in [9.17, 15) is 9.59 Å². The quantitative estimate of drug-likeness (QED) is 0.650.